The summed E-state index contributed by atoms with van der Waals surface area (Å²) in [6, 6.07) is 4.97. The number of rotatable bonds is 6. The Morgan fingerprint density at radius 2 is 1.78 bits per heavy atom. The summed E-state index contributed by atoms with van der Waals surface area (Å²) < 4.78 is 20.4. The van der Waals surface area contributed by atoms with Crippen molar-refractivity contribution >= 4 is 29.2 Å². The fourth-order valence-electron chi connectivity index (χ4n) is 5.55. The van der Waals surface area contributed by atoms with E-state index in [9.17, 15) is 18.8 Å². The quantitative estimate of drug-likeness (QED) is 0.455. The van der Waals surface area contributed by atoms with Crippen molar-refractivity contribution in [3.8, 4) is 0 Å². The van der Waals surface area contributed by atoms with Gasteiger partial charge in [0.2, 0.25) is 11.8 Å². The molecule has 36 heavy (non-hydrogen) atoms. The molecule has 4 rings (SSSR count). The lowest BCUT2D eigenvalue weighted by Crippen LogP contribution is -2.51. The van der Waals surface area contributed by atoms with E-state index in [4.69, 9.17) is 4.74 Å². The van der Waals surface area contributed by atoms with Crippen LogP contribution in [-0.4, -0.2) is 66.5 Å². The summed E-state index contributed by atoms with van der Waals surface area (Å²) in [5.74, 6) is -0.652. The van der Waals surface area contributed by atoms with Gasteiger partial charge in [-0.2, -0.15) is 0 Å². The highest BCUT2D eigenvalue weighted by Gasteiger charge is 2.31. The highest BCUT2D eigenvalue weighted by atomic mass is 19.1. The van der Waals surface area contributed by atoms with Gasteiger partial charge in [0, 0.05) is 50.7 Å². The van der Waals surface area contributed by atoms with Crippen LogP contribution in [0.4, 0.5) is 15.8 Å². The van der Waals surface area contributed by atoms with Gasteiger partial charge in [0.05, 0.1) is 5.69 Å². The number of esters is 1. The second kappa shape index (κ2) is 11.2. The van der Waals surface area contributed by atoms with E-state index in [-0.39, 0.29) is 30.0 Å². The van der Waals surface area contributed by atoms with Crippen LogP contribution in [0.15, 0.2) is 18.2 Å². The predicted octanol–water partition coefficient (Wildman–Crippen LogP) is 3.46. The molecule has 198 valence electrons. The molecule has 0 aromatic heterocycles. The molecular weight excluding hydrogens is 463 g/mol. The molecule has 1 unspecified atom stereocenters. The van der Waals surface area contributed by atoms with Crippen molar-refractivity contribution in [1.29, 1.82) is 0 Å². The maximum Gasteiger partial charge on any atom is 0.306 e. The Morgan fingerprint density at radius 1 is 1.08 bits per heavy atom. The minimum absolute atomic E-state index is 0.0973. The molecule has 0 bridgehead atoms. The third kappa shape index (κ3) is 6.96. The van der Waals surface area contributed by atoms with Crippen LogP contribution < -0.4 is 15.5 Å². The van der Waals surface area contributed by atoms with Gasteiger partial charge in [-0.1, -0.05) is 0 Å². The van der Waals surface area contributed by atoms with Crippen LogP contribution in [0.5, 0.6) is 0 Å². The van der Waals surface area contributed by atoms with Crippen LogP contribution >= 0.6 is 0 Å². The molecule has 0 spiro atoms. The van der Waals surface area contributed by atoms with E-state index >= 15 is 0 Å². The summed E-state index contributed by atoms with van der Waals surface area (Å²) in [5, 5.41) is 5.35. The molecule has 8 nitrogen and oxygen atoms in total. The Labute approximate surface area is 212 Å². The number of hydrogen-bond acceptors (Lipinski definition) is 7. The lowest BCUT2D eigenvalue weighted by Gasteiger charge is -2.42. The summed E-state index contributed by atoms with van der Waals surface area (Å²) in [7, 11) is 0. The molecule has 9 heteroatoms. The Morgan fingerprint density at radius 3 is 2.39 bits per heavy atom. The van der Waals surface area contributed by atoms with Crippen molar-refractivity contribution < 1.29 is 23.5 Å². The van der Waals surface area contributed by atoms with Crippen LogP contribution in [0.25, 0.3) is 0 Å². The number of halogens is 1. The largest absolute Gasteiger partial charge is 0.460 e. The molecule has 1 aliphatic carbocycles. The highest BCUT2D eigenvalue weighted by Crippen LogP contribution is 2.32. The van der Waals surface area contributed by atoms with Crippen LogP contribution in [0.2, 0.25) is 0 Å². The Hall–Kier alpha value is -2.68. The monoisotopic (exact) mass is 502 g/mol. The molecule has 1 aromatic rings. The number of nitrogens with one attached hydrogen (secondary N) is 2. The molecule has 0 radical (unpaired) electrons. The molecule has 2 N–H and O–H groups in total. The van der Waals surface area contributed by atoms with Crippen molar-refractivity contribution in [2.24, 2.45) is 5.92 Å². The average Bonchev–Trinajstić information content (AvgIpc) is 2.80. The molecule has 2 aliphatic heterocycles. The minimum Gasteiger partial charge on any atom is -0.460 e. The fourth-order valence-corrected chi connectivity index (χ4v) is 5.55. The van der Waals surface area contributed by atoms with Crippen LogP contribution in [0, 0.1) is 11.7 Å². The summed E-state index contributed by atoms with van der Waals surface area (Å²) in [6.45, 7) is 9.00. The number of piperazine rings is 1. The maximum absolute atomic E-state index is 15.0. The number of anilines is 2. The zero-order valence-electron chi connectivity index (χ0n) is 21.6. The van der Waals surface area contributed by atoms with Crippen LogP contribution in [0.1, 0.15) is 65.7 Å². The van der Waals surface area contributed by atoms with Gasteiger partial charge in [-0.15, -0.1) is 0 Å². The number of ether oxygens (including phenoxy) is 1. The first-order valence-electron chi connectivity index (χ1n) is 13.2. The third-order valence-electron chi connectivity index (χ3n) is 7.39. The zero-order chi connectivity index (χ0) is 25.9. The summed E-state index contributed by atoms with van der Waals surface area (Å²) in [4.78, 5) is 40.0. The first-order valence-corrected chi connectivity index (χ1v) is 13.2. The molecule has 1 atom stereocenters. The molecule has 2 saturated heterocycles. The molecule has 2 heterocycles. The summed E-state index contributed by atoms with van der Waals surface area (Å²) in [6.07, 6.45) is 5.44. The number of carbonyl (C=O) groups excluding carboxylic acids is 3. The van der Waals surface area contributed by atoms with E-state index in [0.717, 1.165) is 51.9 Å². The smallest absolute Gasteiger partial charge is 0.306 e. The van der Waals surface area contributed by atoms with Crippen molar-refractivity contribution in [2.45, 2.75) is 83.4 Å². The van der Waals surface area contributed by atoms with Crippen LogP contribution in [0.3, 0.4) is 0 Å². The lowest BCUT2D eigenvalue weighted by atomic mass is 9.83. The van der Waals surface area contributed by atoms with Gasteiger partial charge in [-0.3, -0.25) is 24.6 Å². The minimum atomic E-state index is -0.532. The SMILES string of the molecule is CC(C)(C)OC(=O)CC1CCC(N2CCN(c3ccc(NC4CCC(=O)NC4=O)cc3F)CC2)CC1. The first-order chi connectivity index (χ1) is 17.1. The van der Waals surface area contributed by atoms with E-state index in [0.29, 0.717) is 36.2 Å². The van der Waals surface area contributed by atoms with E-state index in [1.54, 1.807) is 12.1 Å². The van der Waals surface area contributed by atoms with E-state index in [2.05, 4.69) is 20.4 Å². The second-order valence-electron chi connectivity index (χ2n) is 11.3. The Bertz CT molecular complexity index is 963. The summed E-state index contributed by atoms with van der Waals surface area (Å²) in [5.41, 5.74) is 0.676. The first kappa shape index (κ1) is 26.4. The van der Waals surface area contributed by atoms with Crippen LogP contribution in [-0.2, 0) is 19.1 Å². The molecule has 3 aliphatic rings. The number of benzene rings is 1. The van der Waals surface area contributed by atoms with Gasteiger partial charge in [0.15, 0.2) is 0 Å². The highest BCUT2D eigenvalue weighted by molar-refractivity contribution is 6.01. The maximum atomic E-state index is 15.0. The van der Waals surface area contributed by atoms with E-state index in [1.807, 2.05) is 20.8 Å². The van der Waals surface area contributed by atoms with Crippen molar-refractivity contribution in [3.63, 3.8) is 0 Å². The number of imide groups is 1. The molecule has 1 saturated carbocycles. The van der Waals surface area contributed by atoms with Gasteiger partial charge in [0.1, 0.15) is 17.5 Å². The average molecular weight is 503 g/mol. The van der Waals surface area contributed by atoms with Crippen molar-refractivity contribution in [1.82, 2.24) is 10.2 Å². The number of carbonyl (C=O) groups is 3. The number of nitrogens with zero attached hydrogens (tertiary/aromatic N) is 2. The van der Waals surface area contributed by atoms with Gasteiger partial charge in [0.25, 0.3) is 0 Å². The standard InChI is InChI=1S/C27H39FN4O4/c1-27(2,3)36-25(34)16-18-4-7-20(8-5-18)31-12-14-32(15-13-31)23-10-6-19(17-21(23)28)29-22-9-11-24(33)30-26(22)35/h6,10,17-18,20,22,29H,4-5,7-9,11-16H2,1-3H3,(H,30,33,35). The second-order valence-corrected chi connectivity index (χ2v) is 11.3. The Kier molecular flexibility index (Phi) is 8.17. The fraction of sp³-hybridized carbons (Fsp3) is 0.667. The number of piperidine rings is 1. The van der Waals surface area contributed by atoms with Gasteiger partial charge >= 0.3 is 5.97 Å². The third-order valence-corrected chi connectivity index (χ3v) is 7.39. The molecular formula is C27H39FN4O4. The Balaban J connectivity index is 1.23. The molecule has 3 fully saturated rings. The predicted molar refractivity (Wildman–Crippen MR) is 136 cm³/mol. The van der Waals surface area contributed by atoms with Gasteiger partial charge < -0.3 is 15.0 Å². The molecule has 2 amide bonds. The normalized spacial score (nSPS) is 25.9. The number of hydrogen-bond donors (Lipinski definition) is 2. The number of amides is 2. The van der Waals surface area contributed by atoms with Gasteiger partial charge in [-0.05, 0) is 77.0 Å². The summed E-state index contributed by atoms with van der Waals surface area (Å²) >= 11 is 0. The van der Waals surface area contributed by atoms with Crippen molar-refractivity contribution in [2.75, 3.05) is 36.4 Å². The topological polar surface area (TPSA) is 91.0 Å². The van der Waals surface area contributed by atoms with E-state index < -0.39 is 11.6 Å². The van der Waals surface area contributed by atoms with Gasteiger partial charge in [-0.25, -0.2) is 4.39 Å². The zero-order valence-corrected chi connectivity index (χ0v) is 21.6. The van der Waals surface area contributed by atoms with Crippen molar-refractivity contribution in [3.05, 3.63) is 24.0 Å². The van der Waals surface area contributed by atoms with E-state index in [1.165, 1.54) is 6.07 Å². The molecule has 1 aromatic carbocycles. The lowest BCUT2D eigenvalue weighted by molar-refractivity contribution is -0.156.